The molecule has 1 aromatic carbocycles. The molecule has 0 amide bonds. The molecule has 2 N–H and O–H groups in total. The third-order valence-corrected chi connectivity index (χ3v) is 2.78. The van der Waals surface area contributed by atoms with Gasteiger partial charge in [-0.1, -0.05) is 18.2 Å². The van der Waals surface area contributed by atoms with Crippen LogP contribution in [0.1, 0.15) is 19.8 Å². The van der Waals surface area contributed by atoms with Crippen LogP contribution in [0.15, 0.2) is 36.4 Å². The van der Waals surface area contributed by atoms with E-state index in [4.69, 9.17) is 5.11 Å². The number of aromatic nitrogens is 1. The van der Waals surface area contributed by atoms with E-state index in [1.165, 1.54) is 0 Å². The minimum atomic E-state index is -0.768. The number of nitrogens with zero attached hydrogens (tertiary/aromatic N) is 1. The van der Waals surface area contributed by atoms with Gasteiger partial charge in [-0.25, -0.2) is 4.98 Å². The highest BCUT2D eigenvalue weighted by Gasteiger charge is 2.06. The summed E-state index contributed by atoms with van der Waals surface area (Å²) >= 11 is 0. The van der Waals surface area contributed by atoms with Crippen LogP contribution in [0.5, 0.6) is 0 Å². The summed E-state index contributed by atoms with van der Waals surface area (Å²) in [4.78, 5) is 15.0. The average Bonchev–Trinajstić information content (AvgIpc) is 2.36. The second-order valence-corrected chi connectivity index (χ2v) is 4.37. The van der Waals surface area contributed by atoms with E-state index in [-0.39, 0.29) is 12.5 Å². The van der Waals surface area contributed by atoms with Crippen molar-refractivity contribution in [2.24, 2.45) is 0 Å². The second-order valence-electron chi connectivity index (χ2n) is 4.37. The van der Waals surface area contributed by atoms with Gasteiger partial charge in [0.15, 0.2) is 0 Å². The first-order valence-corrected chi connectivity index (χ1v) is 5.99. The van der Waals surface area contributed by atoms with Gasteiger partial charge in [-0.2, -0.15) is 0 Å². The summed E-state index contributed by atoms with van der Waals surface area (Å²) in [5, 5.41) is 12.9. The Morgan fingerprint density at radius 2 is 2.11 bits per heavy atom. The number of benzene rings is 1. The number of aliphatic carboxylic acids is 1. The minimum absolute atomic E-state index is 0.0924. The minimum Gasteiger partial charge on any atom is -0.481 e. The maximum absolute atomic E-state index is 10.5. The molecule has 0 aliphatic carbocycles. The van der Waals surface area contributed by atoms with Crippen LogP contribution in [0.3, 0.4) is 0 Å². The number of nitrogens with one attached hydrogen (secondary N) is 1. The molecule has 4 heteroatoms. The molecule has 0 saturated carbocycles. The third kappa shape index (κ3) is 3.20. The molecule has 1 unspecified atom stereocenters. The molecule has 0 spiro atoms. The van der Waals surface area contributed by atoms with Crippen LogP contribution in [0.2, 0.25) is 0 Å². The molecular weight excluding hydrogens is 228 g/mol. The predicted octanol–water partition coefficient (Wildman–Crippen LogP) is 2.90. The van der Waals surface area contributed by atoms with Gasteiger partial charge in [0.25, 0.3) is 0 Å². The Bertz CT molecular complexity index is 554. The zero-order chi connectivity index (χ0) is 13.0. The number of carboxylic acids is 1. The highest BCUT2D eigenvalue weighted by molar-refractivity contribution is 5.80. The highest BCUT2D eigenvalue weighted by Crippen LogP contribution is 2.15. The number of para-hydroxylation sites is 1. The van der Waals surface area contributed by atoms with Crippen molar-refractivity contribution < 1.29 is 9.90 Å². The van der Waals surface area contributed by atoms with E-state index < -0.39 is 5.97 Å². The molecule has 0 aliphatic rings. The lowest BCUT2D eigenvalue weighted by atomic mass is 10.2. The Morgan fingerprint density at radius 1 is 1.33 bits per heavy atom. The largest absolute Gasteiger partial charge is 0.481 e. The lowest BCUT2D eigenvalue weighted by molar-refractivity contribution is -0.137. The number of hydrogen-bond donors (Lipinski definition) is 2. The summed E-state index contributed by atoms with van der Waals surface area (Å²) in [5.41, 5.74) is 0.938. The van der Waals surface area contributed by atoms with Crippen LogP contribution in [-0.4, -0.2) is 22.1 Å². The topological polar surface area (TPSA) is 62.2 Å². The molecule has 2 rings (SSSR count). The molecule has 0 saturated heterocycles. The standard InChI is InChI=1S/C14H16N2O2/c1-10(6-9-14(17)18)15-13-8-7-11-4-2-3-5-12(11)16-13/h2-5,7-8,10H,6,9H2,1H3,(H,15,16)(H,17,18). The first-order chi connectivity index (χ1) is 8.65. The van der Waals surface area contributed by atoms with Crippen molar-refractivity contribution in [3.05, 3.63) is 36.4 Å². The first-order valence-electron chi connectivity index (χ1n) is 5.99. The maximum Gasteiger partial charge on any atom is 0.303 e. The fourth-order valence-corrected chi connectivity index (χ4v) is 1.81. The Labute approximate surface area is 106 Å². The number of fused-ring (bicyclic) bond motifs is 1. The van der Waals surface area contributed by atoms with E-state index >= 15 is 0 Å². The average molecular weight is 244 g/mol. The van der Waals surface area contributed by atoms with E-state index in [0.717, 1.165) is 16.7 Å². The first kappa shape index (κ1) is 12.4. The Balaban J connectivity index is 2.05. The molecule has 2 aromatic rings. The summed E-state index contributed by atoms with van der Waals surface area (Å²) in [6.45, 7) is 1.96. The Kier molecular flexibility index (Phi) is 3.77. The van der Waals surface area contributed by atoms with Gasteiger partial charge in [0, 0.05) is 17.8 Å². The van der Waals surface area contributed by atoms with Crippen molar-refractivity contribution in [1.29, 1.82) is 0 Å². The van der Waals surface area contributed by atoms with Gasteiger partial charge in [-0.15, -0.1) is 0 Å². The monoisotopic (exact) mass is 244 g/mol. The van der Waals surface area contributed by atoms with Gasteiger partial charge in [0.05, 0.1) is 5.52 Å². The van der Waals surface area contributed by atoms with E-state index in [1.54, 1.807) is 0 Å². The molecular formula is C14H16N2O2. The molecule has 0 aliphatic heterocycles. The number of carboxylic acid groups (broad SMARTS) is 1. The lowest BCUT2D eigenvalue weighted by Crippen LogP contribution is -2.17. The molecule has 1 heterocycles. The number of hydrogen-bond acceptors (Lipinski definition) is 3. The molecule has 18 heavy (non-hydrogen) atoms. The van der Waals surface area contributed by atoms with E-state index in [9.17, 15) is 4.79 Å². The van der Waals surface area contributed by atoms with Gasteiger partial charge in [0.1, 0.15) is 5.82 Å². The lowest BCUT2D eigenvalue weighted by Gasteiger charge is -2.13. The summed E-state index contributed by atoms with van der Waals surface area (Å²) in [7, 11) is 0. The van der Waals surface area contributed by atoms with Gasteiger partial charge < -0.3 is 10.4 Å². The van der Waals surface area contributed by atoms with Crippen molar-refractivity contribution in [2.45, 2.75) is 25.8 Å². The fraction of sp³-hybridized carbons (Fsp3) is 0.286. The SMILES string of the molecule is CC(CCC(=O)O)Nc1ccc2ccccc2n1. The quantitative estimate of drug-likeness (QED) is 0.849. The van der Waals surface area contributed by atoms with Crippen LogP contribution in [0.25, 0.3) is 10.9 Å². The van der Waals surface area contributed by atoms with Gasteiger partial charge in [-0.3, -0.25) is 4.79 Å². The van der Waals surface area contributed by atoms with Gasteiger partial charge >= 0.3 is 5.97 Å². The number of rotatable bonds is 5. The molecule has 1 atom stereocenters. The summed E-state index contributed by atoms with van der Waals surface area (Å²) < 4.78 is 0. The van der Waals surface area contributed by atoms with E-state index in [1.807, 2.05) is 43.3 Å². The Hall–Kier alpha value is -2.10. The van der Waals surface area contributed by atoms with Crippen molar-refractivity contribution >= 4 is 22.7 Å². The van der Waals surface area contributed by atoms with Crippen LogP contribution in [-0.2, 0) is 4.79 Å². The second kappa shape index (κ2) is 5.49. The van der Waals surface area contributed by atoms with E-state index in [0.29, 0.717) is 6.42 Å². The van der Waals surface area contributed by atoms with Crippen molar-refractivity contribution in [3.8, 4) is 0 Å². The van der Waals surface area contributed by atoms with Gasteiger partial charge in [0.2, 0.25) is 0 Å². The molecule has 0 fully saturated rings. The van der Waals surface area contributed by atoms with Gasteiger partial charge in [-0.05, 0) is 31.5 Å². The van der Waals surface area contributed by atoms with Crippen LogP contribution in [0, 0.1) is 0 Å². The summed E-state index contributed by atoms with van der Waals surface area (Å²) in [6.07, 6.45) is 0.756. The zero-order valence-electron chi connectivity index (χ0n) is 10.3. The molecule has 0 bridgehead atoms. The van der Waals surface area contributed by atoms with E-state index in [2.05, 4.69) is 10.3 Å². The normalized spacial score (nSPS) is 12.3. The third-order valence-electron chi connectivity index (χ3n) is 2.78. The maximum atomic E-state index is 10.5. The zero-order valence-corrected chi connectivity index (χ0v) is 10.3. The molecule has 1 aromatic heterocycles. The number of pyridine rings is 1. The smallest absolute Gasteiger partial charge is 0.303 e. The van der Waals surface area contributed by atoms with Crippen LogP contribution >= 0.6 is 0 Å². The summed E-state index contributed by atoms with van der Waals surface area (Å²) in [5.74, 6) is 0.0155. The van der Waals surface area contributed by atoms with Crippen molar-refractivity contribution in [3.63, 3.8) is 0 Å². The van der Waals surface area contributed by atoms with Crippen LogP contribution < -0.4 is 5.32 Å². The molecule has 0 radical (unpaired) electrons. The predicted molar refractivity (Wildman–Crippen MR) is 71.7 cm³/mol. The molecule has 4 nitrogen and oxygen atoms in total. The highest BCUT2D eigenvalue weighted by atomic mass is 16.4. The molecule has 94 valence electrons. The van der Waals surface area contributed by atoms with Crippen molar-refractivity contribution in [2.75, 3.05) is 5.32 Å². The summed E-state index contributed by atoms with van der Waals surface area (Å²) in [6, 6.07) is 11.9. The number of carbonyl (C=O) groups is 1. The van der Waals surface area contributed by atoms with Crippen LogP contribution in [0.4, 0.5) is 5.82 Å². The Morgan fingerprint density at radius 3 is 2.89 bits per heavy atom. The number of anilines is 1. The van der Waals surface area contributed by atoms with Crippen molar-refractivity contribution in [1.82, 2.24) is 4.98 Å². The fourth-order valence-electron chi connectivity index (χ4n) is 1.81.